The number of hydrogen-bond acceptors (Lipinski definition) is 5. The maximum absolute atomic E-state index is 12.7. The fourth-order valence-electron chi connectivity index (χ4n) is 3.93. The average Bonchev–Trinajstić information content (AvgIpc) is 3.10. The lowest BCUT2D eigenvalue weighted by Crippen LogP contribution is -2.15. The molecule has 0 saturated heterocycles. The van der Waals surface area contributed by atoms with Gasteiger partial charge in [0.25, 0.3) is 5.69 Å². The molecule has 0 bridgehead atoms. The lowest BCUT2D eigenvalue weighted by molar-refractivity contribution is -0.384. The number of nitro benzene ring substituents is 1. The van der Waals surface area contributed by atoms with Crippen molar-refractivity contribution in [2.75, 3.05) is 11.1 Å². The minimum absolute atomic E-state index is 0.0328. The van der Waals surface area contributed by atoms with Gasteiger partial charge in [-0.3, -0.25) is 14.9 Å². The molecule has 1 aliphatic rings. The quantitative estimate of drug-likeness (QED) is 0.322. The van der Waals surface area contributed by atoms with E-state index in [9.17, 15) is 14.9 Å². The Labute approximate surface area is 194 Å². The first-order chi connectivity index (χ1) is 16.0. The van der Waals surface area contributed by atoms with Crippen LogP contribution in [0.5, 0.6) is 0 Å². The van der Waals surface area contributed by atoms with Crippen LogP contribution in [0.4, 0.5) is 11.5 Å². The summed E-state index contributed by atoms with van der Waals surface area (Å²) in [5.41, 5.74) is 5.46. The molecule has 0 saturated carbocycles. The molecule has 33 heavy (non-hydrogen) atoms. The molecule has 4 aromatic rings. The van der Waals surface area contributed by atoms with Crippen molar-refractivity contribution < 1.29 is 9.72 Å². The lowest BCUT2D eigenvalue weighted by Gasteiger charge is -2.16. The molecule has 8 heteroatoms. The molecule has 164 valence electrons. The van der Waals surface area contributed by atoms with E-state index >= 15 is 0 Å². The van der Waals surface area contributed by atoms with Gasteiger partial charge in [0.05, 0.1) is 27.3 Å². The molecule has 7 nitrogen and oxygen atoms in total. The summed E-state index contributed by atoms with van der Waals surface area (Å²) in [6.45, 7) is 2.02. The van der Waals surface area contributed by atoms with Gasteiger partial charge in [-0.2, -0.15) is 5.10 Å². The van der Waals surface area contributed by atoms with Crippen LogP contribution >= 0.6 is 11.8 Å². The molecule has 1 amide bonds. The number of non-ortho nitro benzene ring substituents is 1. The smallest absolute Gasteiger partial charge is 0.269 e. The predicted molar refractivity (Wildman–Crippen MR) is 130 cm³/mol. The molecular formula is C25H20N4O3S. The largest absolute Gasteiger partial charge is 0.310 e. The minimum atomic E-state index is -0.411. The normalized spacial score (nSPS) is 15.4. The zero-order valence-electron chi connectivity index (χ0n) is 17.8. The van der Waals surface area contributed by atoms with Gasteiger partial charge in [-0.1, -0.05) is 60.2 Å². The number of nitrogens with one attached hydrogen (secondary N) is 1. The second-order valence-corrected chi connectivity index (χ2v) is 8.91. The third kappa shape index (κ3) is 4.01. The Kier molecular flexibility index (Phi) is 5.43. The summed E-state index contributed by atoms with van der Waals surface area (Å²) in [7, 11) is 0. The van der Waals surface area contributed by atoms with Crippen LogP contribution in [0.3, 0.4) is 0 Å². The molecule has 1 aliphatic heterocycles. The van der Waals surface area contributed by atoms with Crippen LogP contribution in [0.2, 0.25) is 0 Å². The molecule has 5 rings (SSSR count). The summed E-state index contributed by atoms with van der Waals surface area (Å²) in [5, 5.41) is 18.9. The number of nitrogens with zero attached hydrogens (tertiary/aromatic N) is 3. The number of benzene rings is 3. The van der Waals surface area contributed by atoms with Gasteiger partial charge in [0.1, 0.15) is 5.82 Å². The van der Waals surface area contributed by atoms with Gasteiger partial charge in [0.15, 0.2) is 0 Å². The number of hydrogen-bond donors (Lipinski definition) is 1. The Balaban J connectivity index is 1.74. The first-order valence-corrected chi connectivity index (χ1v) is 11.5. The molecule has 3 aromatic carbocycles. The van der Waals surface area contributed by atoms with Crippen molar-refractivity contribution in [2.45, 2.75) is 12.2 Å². The monoisotopic (exact) mass is 456 g/mol. The van der Waals surface area contributed by atoms with E-state index in [1.165, 1.54) is 23.9 Å². The summed E-state index contributed by atoms with van der Waals surface area (Å²) in [6, 6.07) is 24.3. The van der Waals surface area contributed by atoms with Crippen molar-refractivity contribution >= 4 is 29.2 Å². The van der Waals surface area contributed by atoms with Crippen molar-refractivity contribution in [3.05, 3.63) is 106 Å². The van der Waals surface area contributed by atoms with E-state index in [2.05, 4.69) is 5.32 Å². The molecular weight excluding hydrogens is 436 g/mol. The standard InChI is InChI=1S/C25H20N4O3S/c1-16-7-11-19(12-8-16)28-25-22(23(27-28)17-5-3-2-4-6-17)24(33-15-21(30)26-25)18-9-13-20(14-10-18)29(31)32/h2-14,24H,15H2,1H3,(H,26,30)/t24-/m1/s1. The summed E-state index contributed by atoms with van der Waals surface area (Å²) < 4.78 is 1.78. The first-order valence-electron chi connectivity index (χ1n) is 10.4. The Bertz CT molecular complexity index is 1330. The summed E-state index contributed by atoms with van der Waals surface area (Å²) >= 11 is 1.49. The minimum Gasteiger partial charge on any atom is -0.310 e. The van der Waals surface area contributed by atoms with Gasteiger partial charge in [-0.15, -0.1) is 11.8 Å². The molecule has 0 fully saturated rings. The van der Waals surface area contributed by atoms with E-state index in [-0.39, 0.29) is 22.6 Å². The summed E-state index contributed by atoms with van der Waals surface area (Å²) in [5.74, 6) is 0.771. The van der Waals surface area contributed by atoms with Gasteiger partial charge >= 0.3 is 0 Å². The highest BCUT2D eigenvalue weighted by atomic mass is 32.2. The number of nitro groups is 1. The molecule has 0 unspecified atom stereocenters. The van der Waals surface area contributed by atoms with Gasteiger partial charge in [0.2, 0.25) is 5.91 Å². The van der Waals surface area contributed by atoms with Crippen LogP contribution < -0.4 is 5.32 Å². The number of rotatable bonds is 4. The van der Waals surface area contributed by atoms with E-state index in [0.717, 1.165) is 33.6 Å². The highest BCUT2D eigenvalue weighted by molar-refractivity contribution is 8.00. The Hall–Kier alpha value is -3.91. The third-order valence-electron chi connectivity index (χ3n) is 5.56. The number of fused-ring (bicyclic) bond motifs is 1. The van der Waals surface area contributed by atoms with Gasteiger partial charge < -0.3 is 5.32 Å². The number of aromatic nitrogens is 2. The van der Waals surface area contributed by atoms with Gasteiger partial charge in [0, 0.05) is 23.3 Å². The van der Waals surface area contributed by atoms with Gasteiger partial charge in [-0.25, -0.2) is 4.68 Å². The van der Waals surface area contributed by atoms with Crippen LogP contribution in [0.1, 0.15) is 21.9 Å². The van der Waals surface area contributed by atoms with Crippen LogP contribution in [-0.2, 0) is 4.79 Å². The second kappa shape index (κ2) is 8.55. The molecule has 0 radical (unpaired) electrons. The van der Waals surface area contributed by atoms with E-state index in [0.29, 0.717) is 5.82 Å². The fourth-order valence-corrected chi connectivity index (χ4v) is 5.05. The van der Waals surface area contributed by atoms with E-state index in [1.807, 2.05) is 61.5 Å². The average molecular weight is 457 g/mol. The van der Waals surface area contributed by atoms with Gasteiger partial charge in [-0.05, 0) is 24.6 Å². The molecule has 1 aromatic heterocycles. The zero-order chi connectivity index (χ0) is 22.9. The second-order valence-electron chi connectivity index (χ2n) is 7.81. The van der Waals surface area contributed by atoms with E-state index in [4.69, 9.17) is 5.10 Å². The molecule has 1 atom stereocenters. The predicted octanol–water partition coefficient (Wildman–Crippen LogP) is 5.53. The SMILES string of the molecule is Cc1ccc(-n2nc(-c3ccccc3)c3c2NC(=O)CS[C@@H]3c2ccc([N+](=O)[O-])cc2)cc1. The van der Waals surface area contributed by atoms with Crippen molar-refractivity contribution in [1.29, 1.82) is 0 Å². The first kappa shape index (κ1) is 21.0. The number of aryl methyl sites for hydroxylation is 1. The molecule has 0 aliphatic carbocycles. The highest BCUT2D eigenvalue weighted by Gasteiger charge is 2.32. The maximum atomic E-state index is 12.7. The topological polar surface area (TPSA) is 90.1 Å². The van der Waals surface area contributed by atoms with Crippen LogP contribution in [-0.4, -0.2) is 26.4 Å². The van der Waals surface area contributed by atoms with Crippen LogP contribution in [0, 0.1) is 17.0 Å². The number of carbonyl (C=O) groups is 1. The van der Waals surface area contributed by atoms with E-state index in [1.54, 1.807) is 16.8 Å². The van der Waals surface area contributed by atoms with Crippen LogP contribution in [0.25, 0.3) is 16.9 Å². The highest BCUT2D eigenvalue weighted by Crippen LogP contribution is 2.47. The van der Waals surface area contributed by atoms with Crippen LogP contribution in [0.15, 0.2) is 78.9 Å². The molecule has 0 spiro atoms. The lowest BCUT2D eigenvalue weighted by atomic mass is 9.99. The van der Waals surface area contributed by atoms with Crippen molar-refractivity contribution in [3.63, 3.8) is 0 Å². The fraction of sp³-hybridized carbons (Fsp3) is 0.120. The number of carbonyl (C=O) groups excluding carboxylic acids is 1. The number of amides is 1. The maximum Gasteiger partial charge on any atom is 0.269 e. The van der Waals surface area contributed by atoms with Crippen molar-refractivity contribution in [3.8, 4) is 16.9 Å². The number of anilines is 1. The molecule has 2 heterocycles. The van der Waals surface area contributed by atoms with Crippen molar-refractivity contribution in [1.82, 2.24) is 9.78 Å². The van der Waals surface area contributed by atoms with Crippen molar-refractivity contribution in [2.24, 2.45) is 0 Å². The summed E-state index contributed by atoms with van der Waals surface area (Å²) in [4.78, 5) is 23.4. The molecule has 1 N–H and O–H groups in total. The Morgan fingerprint density at radius 1 is 1.03 bits per heavy atom. The van der Waals surface area contributed by atoms with E-state index < -0.39 is 4.92 Å². The summed E-state index contributed by atoms with van der Waals surface area (Å²) in [6.07, 6.45) is 0. The Morgan fingerprint density at radius 3 is 2.39 bits per heavy atom. The third-order valence-corrected chi connectivity index (χ3v) is 6.83. The zero-order valence-corrected chi connectivity index (χ0v) is 18.6. The number of thioether (sulfide) groups is 1. The Morgan fingerprint density at radius 2 is 1.73 bits per heavy atom.